The van der Waals surface area contributed by atoms with Crippen LogP contribution in [-0.2, 0) is 0 Å². The van der Waals surface area contributed by atoms with Crippen molar-refractivity contribution in [2.45, 2.75) is 0 Å². The molecule has 110 valence electrons. The van der Waals surface area contributed by atoms with Gasteiger partial charge in [-0.15, -0.1) is 0 Å². The summed E-state index contributed by atoms with van der Waals surface area (Å²) in [5.41, 5.74) is 0.895. The highest BCUT2D eigenvalue weighted by molar-refractivity contribution is 14.1. The lowest BCUT2D eigenvalue weighted by Crippen LogP contribution is -2.12. The standard InChI is InChI=1S/C15H14INO4/c1-20-10-4-6-12(14(8-10)21-2)17-15(19)9-3-5-11(16)13(18)7-9/h3-8,18H,1-2H3,(H,17,19). The van der Waals surface area contributed by atoms with Gasteiger partial charge in [-0.1, -0.05) is 0 Å². The van der Waals surface area contributed by atoms with E-state index in [1.807, 2.05) is 22.6 Å². The van der Waals surface area contributed by atoms with Crippen LogP contribution in [0.1, 0.15) is 10.4 Å². The summed E-state index contributed by atoms with van der Waals surface area (Å²) in [6, 6.07) is 9.85. The molecule has 0 aromatic heterocycles. The summed E-state index contributed by atoms with van der Waals surface area (Å²) in [6.45, 7) is 0. The van der Waals surface area contributed by atoms with E-state index in [0.29, 0.717) is 26.3 Å². The Balaban J connectivity index is 2.24. The van der Waals surface area contributed by atoms with Crippen molar-refractivity contribution in [3.63, 3.8) is 0 Å². The topological polar surface area (TPSA) is 67.8 Å². The molecule has 2 aromatic rings. The first kappa shape index (κ1) is 15.4. The zero-order chi connectivity index (χ0) is 15.4. The molecule has 6 heteroatoms. The number of carbonyl (C=O) groups is 1. The molecule has 0 atom stereocenters. The Labute approximate surface area is 136 Å². The molecule has 0 aliphatic carbocycles. The Kier molecular flexibility index (Phi) is 4.89. The van der Waals surface area contributed by atoms with Gasteiger partial charge in [-0.3, -0.25) is 4.79 Å². The number of phenolic OH excluding ortho intramolecular Hbond substituents is 1. The van der Waals surface area contributed by atoms with Gasteiger partial charge in [0.1, 0.15) is 17.2 Å². The molecule has 0 fully saturated rings. The molecule has 2 rings (SSSR count). The molecule has 1 amide bonds. The molecule has 0 unspecified atom stereocenters. The summed E-state index contributed by atoms with van der Waals surface area (Å²) in [4.78, 5) is 12.2. The maximum Gasteiger partial charge on any atom is 0.255 e. The van der Waals surface area contributed by atoms with Gasteiger partial charge in [0.15, 0.2) is 0 Å². The average molecular weight is 399 g/mol. The molecule has 0 heterocycles. The zero-order valence-electron chi connectivity index (χ0n) is 11.5. The highest BCUT2D eigenvalue weighted by Crippen LogP contribution is 2.29. The van der Waals surface area contributed by atoms with Crippen molar-refractivity contribution in [2.24, 2.45) is 0 Å². The van der Waals surface area contributed by atoms with Crippen molar-refractivity contribution in [3.8, 4) is 17.2 Å². The number of anilines is 1. The molecule has 5 nitrogen and oxygen atoms in total. The van der Waals surface area contributed by atoms with Crippen LogP contribution in [-0.4, -0.2) is 25.2 Å². The normalized spacial score (nSPS) is 10.0. The first-order chi connectivity index (χ1) is 10.0. The lowest BCUT2D eigenvalue weighted by Gasteiger charge is -2.12. The largest absolute Gasteiger partial charge is 0.507 e. The van der Waals surface area contributed by atoms with Crippen molar-refractivity contribution in [2.75, 3.05) is 19.5 Å². The molecule has 2 N–H and O–H groups in total. The minimum Gasteiger partial charge on any atom is -0.507 e. The van der Waals surface area contributed by atoms with E-state index in [9.17, 15) is 9.90 Å². The maximum absolute atomic E-state index is 12.2. The van der Waals surface area contributed by atoms with Crippen LogP contribution in [0.15, 0.2) is 36.4 Å². The number of amides is 1. The predicted octanol–water partition coefficient (Wildman–Crippen LogP) is 3.27. The van der Waals surface area contributed by atoms with E-state index in [0.717, 1.165) is 0 Å². The lowest BCUT2D eigenvalue weighted by molar-refractivity contribution is 0.102. The van der Waals surface area contributed by atoms with E-state index in [1.54, 1.807) is 37.4 Å². The molecular formula is C15H14INO4. The number of phenols is 1. The summed E-state index contributed by atoms with van der Waals surface area (Å²) in [7, 11) is 3.07. The van der Waals surface area contributed by atoms with Gasteiger partial charge in [0.2, 0.25) is 0 Å². The summed E-state index contributed by atoms with van der Waals surface area (Å²) in [5, 5.41) is 12.4. The number of benzene rings is 2. The maximum atomic E-state index is 12.2. The molecule has 0 saturated carbocycles. The van der Waals surface area contributed by atoms with Gasteiger partial charge in [0.05, 0.1) is 23.5 Å². The number of hydrogen-bond donors (Lipinski definition) is 2. The third-order valence-electron chi connectivity index (χ3n) is 2.87. The van der Waals surface area contributed by atoms with Crippen molar-refractivity contribution >= 4 is 34.2 Å². The summed E-state index contributed by atoms with van der Waals surface area (Å²) in [5.74, 6) is 0.879. The third-order valence-corrected chi connectivity index (χ3v) is 3.78. The highest BCUT2D eigenvalue weighted by atomic mass is 127. The van der Waals surface area contributed by atoms with E-state index in [1.165, 1.54) is 13.2 Å². The summed E-state index contributed by atoms with van der Waals surface area (Å²) in [6.07, 6.45) is 0. The molecular weight excluding hydrogens is 385 g/mol. The lowest BCUT2D eigenvalue weighted by atomic mass is 10.2. The van der Waals surface area contributed by atoms with Gasteiger partial charge < -0.3 is 19.9 Å². The molecule has 0 aliphatic rings. The Morgan fingerprint density at radius 3 is 2.52 bits per heavy atom. The summed E-state index contributed by atoms with van der Waals surface area (Å²) >= 11 is 1.99. The smallest absolute Gasteiger partial charge is 0.255 e. The van der Waals surface area contributed by atoms with Crippen molar-refractivity contribution in [3.05, 3.63) is 45.5 Å². The number of rotatable bonds is 4. The number of hydrogen-bond acceptors (Lipinski definition) is 4. The van der Waals surface area contributed by atoms with Crippen LogP contribution < -0.4 is 14.8 Å². The van der Waals surface area contributed by atoms with Crippen molar-refractivity contribution in [1.82, 2.24) is 0 Å². The molecule has 0 aliphatic heterocycles. The Bertz CT molecular complexity index is 673. The fraction of sp³-hybridized carbons (Fsp3) is 0.133. The monoisotopic (exact) mass is 399 g/mol. The fourth-order valence-electron chi connectivity index (χ4n) is 1.75. The summed E-state index contributed by atoms with van der Waals surface area (Å²) < 4.78 is 11.0. The van der Waals surface area contributed by atoms with Crippen LogP contribution in [0.2, 0.25) is 0 Å². The molecule has 0 bridgehead atoms. The van der Waals surface area contributed by atoms with Gasteiger partial charge in [-0.2, -0.15) is 0 Å². The highest BCUT2D eigenvalue weighted by Gasteiger charge is 2.12. The van der Waals surface area contributed by atoms with E-state index in [4.69, 9.17) is 9.47 Å². The molecule has 21 heavy (non-hydrogen) atoms. The second-order valence-electron chi connectivity index (χ2n) is 4.19. The Hall–Kier alpha value is -1.96. The SMILES string of the molecule is COc1ccc(NC(=O)c2ccc(I)c(O)c2)c(OC)c1. The van der Waals surface area contributed by atoms with Crippen LogP contribution in [0.5, 0.6) is 17.2 Å². The van der Waals surface area contributed by atoms with Crippen LogP contribution in [0.25, 0.3) is 0 Å². The first-order valence-electron chi connectivity index (χ1n) is 6.07. The average Bonchev–Trinajstić information content (AvgIpc) is 2.50. The molecule has 0 spiro atoms. The van der Waals surface area contributed by atoms with E-state index < -0.39 is 0 Å². The zero-order valence-corrected chi connectivity index (χ0v) is 13.7. The second kappa shape index (κ2) is 6.66. The van der Waals surface area contributed by atoms with Gasteiger partial charge in [-0.05, 0) is 52.9 Å². The second-order valence-corrected chi connectivity index (χ2v) is 5.35. The van der Waals surface area contributed by atoms with Gasteiger partial charge in [0, 0.05) is 11.6 Å². The van der Waals surface area contributed by atoms with Crippen LogP contribution in [0.3, 0.4) is 0 Å². The molecule has 0 saturated heterocycles. The minimum atomic E-state index is -0.329. The number of halogens is 1. The van der Waals surface area contributed by atoms with E-state index in [-0.39, 0.29) is 11.7 Å². The fourth-order valence-corrected chi connectivity index (χ4v) is 2.09. The first-order valence-corrected chi connectivity index (χ1v) is 7.15. The quantitative estimate of drug-likeness (QED) is 0.775. The number of carbonyl (C=O) groups excluding carboxylic acids is 1. The Morgan fingerprint density at radius 2 is 1.90 bits per heavy atom. The Morgan fingerprint density at radius 1 is 1.14 bits per heavy atom. The number of methoxy groups -OCH3 is 2. The number of ether oxygens (including phenoxy) is 2. The van der Waals surface area contributed by atoms with Crippen LogP contribution in [0.4, 0.5) is 5.69 Å². The molecule has 0 radical (unpaired) electrons. The van der Waals surface area contributed by atoms with Gasteiger partial charge in [0.25, 0.3) is 5.91 Å². The van der Waals surface area contributed by atoms with Crippen molar-refractivity contribution in [1.29, 1.82) is 0 Å². The van der Waals surface area contributed by atoms with E-state index >= 15 is 0 Å². The number of nitrogens with one attached hydrogen (secondary N) is 1. The molecule has 2 aromatic carbocycles. The van der Waals surface area contributed by atoms with Gasteiger partial charge >= 0.3 is 0 Å². The van der Waals surface area contributed by atoms with Crippen LogP contribution in [0, 0.1) is 3.57 Å². The minimum absolute atomic E-state index is 0.0740. The van der Waals surface area contributed by atoms with Gasteiger partial charge in [-0.25, -0.2) is 0 Å². The van der Waals surface area contributed by atoms with Crippen molar-refractivity contribution < 1.29 is 19.4 Å². The predicted molar refractivity (Wildman–Crippen MR) is 88.3 cm³/mol. The van der Waals surface area contributed by atoms with E-state index in [2.05, 4.69) is 5.32 Å². The van der Waals surface area contributed by atoms with Crippen LogP contribution >= 0.6 is 22.6 Å². The third kappa shape index (κ3) is 3.57. The number of aromatic hydroxyl groups is 1.